The molecule has 0 spiro atoms. The zero-order valence-corrected chi connectivity index (χ0v) is 13.5. The first-order valence-corrected chi connectivity index (χ1v) is 8.35. The van der Waals surface area contributed by atoms with Crippen molar-refractivity contribution in [1.29, 1.82) is 0 Å². The Bertz CT molecular complexity index is 577. The van der Waals surface area contributed by atoms with E-state index in [-0.39, 0.29) is 0 Å². The van der Waals surface area contributed by atoms with Crippen LogP contribution in [0.25, 0.3) is 0 Å². The Balaban J connectivity index is 1.66. The summed E-state index contributed by atoms with van der Waals surface area (Å²) in [6.45, 7) is 1.88. The fourth-order valence-electron chi connectivity index (χ4n) is 2.40. The van der Waals surface area contributed by atoms with Gasteiger partial charge in [0, 0.05) is 49.2 Å². The minimum atomic E-state index is 0.711. The summed E-state index contributed by atoms with van der Waals surface area (Å²) in [5, 5.41) is 4.40. The molecule has 2 aromatic rings. The molecule has 0 amide bonds. The van der Waals surface area contributed by atoms with Crippen molar-refractivity contribution in [2.75, 3.05) is 25.5 Å². The number of likely N-dealkylation sites (N-methyl/N-ethyl adjacent to an activating group) is 1. The number of hydrogen-bond donors (Lipinski definition) is 1. The monoisotopic (exact) mass is 302 g/mol. The molecule has 0 aliphatic heterocycles. The summed E-state index contributed by atoms with van der Waals surface area (Å²) in [6.07, 6.45) is 5.42. The fourth-order valence-corrected chi connectivity index (χ4v) is 3.55. The number of anilines is 1. The minimum Gasteiger partial charge on any atom is -0.351 e. The van der Waals surface area contributed by atoms with Gasteiger partial charge in [-0.25, -0.2) is 4.98 Å². The van der Waals surface area contributed by atoms with E-state index in [1.807, 2.05) is 36.7 Å². The predicted molar refractivity (Wildman–Crippen MR) is 88.1 cm³/mol. The van der Waals surface area contributed by atoms with Gasteiger partial charge in [0.25, 0.3) is 0 Å². The maximum absolute atomic E-state index is 4.89. The van der Waals surface area contributed by atoms with Crippen molar-refractivity contribution in [2.45, 2.75) is 31.7 Å². The Morgan fingerprint density at radius 3 is 2.90 bits per heavy atom. The molecule has 1 N–H and O–H groups in total. The van der Waals surface area contributed by atoms with Crippen LogP contribution in [0, 0.1) is 0 Å². The van der Waals surface area contributed by atoms with Gasteiger partial charge in [-0.15, -0.1) is 11.3 Å². The first-order valence-electron chi connectivity index (χ1n) is 7.53. The van der Waals surface area contributed by atoms with Crippen LogP contribution in [-0.2, 0) is 13.0 Å². The summed E-state index contributed by atoms with van der Waals surface area (Å²) in [6, 6.07) is 6.08. The lowest BCUT2D eigenvalue weighted by molar-refractivity contribution is 0.810. The van der Waals surface area contributed by atoms with E-state index in [0.29, 0.717) is 5.92 Å². The SMILES string of the molecule is CNCc1sc(N(C)CCc2ccccn2)nc1C1CC1. The number of pyridine rings is 1. The third-order valence-electron chi connectivity index (χ3n) is 3.77. The molecule has 2 heterocycles. The Labute approximate surface area is 130 Å². The van der Waals surface area contributed by atoms with Crippen LogP contribution >= 0.6 is 11.3 Å². The molecule has 0 radical (unpaired) electrons. The second-order valence-electron chi connectivity index (χ2n) is 5.60. The van der Waals surface area contributed by atoms with E-state index in [4.69, 9.17) is 4.98 Å². The van der Waals surface area contributed by atoms with Crippen LogP contribution in [0.4, 0.5) is 5.13 Å². The number of rotatable bonds is 7. The van der Waals surface area contributed by atoms with Crippen LogP contribution in [-0.4, -0.2) is 30.6 Å². The van der Waals surface area contributed by atoms with Gasteiger partial charge in [-0.05, 0) is 32.0 Å². The molecule has 1 aliphatic carbocycles. The Morgan fingerprint density at radius 1 is 1.38 bits per heavy atom. The van der Waals surface area contributed by atoms with E-state index in [9.17, 15) is 0 Å². The van der Waals surface area contributed by atoms with Crippen molar-refractivity contribution in [3.8, 4) is 0 Å². The van der Waals surface area contributed by atoms with E-state index in [1.54, 1.807) is 0 Å². The lowest BCUT2D eigenvalue weighted by Crippen LogP contribution is -2.20. The van der Waals surface area contributed by atoms with Gasteiger partial charge in [0.1, 0.15) is 0 Å². The van der Waals surface area contributed by atoms with Crippen LogP contribution in [0.5, 0.6) is 0 Å². The van der Waals surface area contributed by atoms with Gasteiger partial charge >= 0.3 is 0 Å². The molecule has 0 unspecified atom stereocenters. The first-order chi connectivity index (χ1) is 10.3. The van der Waals surface area contributed by atoms with Crippen LogP contribution < -0.4 is 10.2 Å². The molecule has 5 heteroatoms. The lowest BCUT2D eigenvalue weighted by atomic mass is 10.2. The van der Waals surface area contributed by atoms with Crippen molar-refractivity contribution < 1.29 is 0 Å². The predicted octanol–water partition coefficient (Wildman–Crippen LogP) is 2.81. The molecule has 1 fully saturated rings. The van der Waals surface area contributed by atoms with Gasteiger partial charge < -0.3 is 10.2 Å². The highest BCUT2D eigenvalue weighted by Crippen LogP contribution is 2.44. The third-order valence-corrected chi connectivity index (χ3v) is 4.96. The molecule has 112 valence electrons. The molecule has 1 saturated carbocycles. The van der Waals surface area contributed by atoms with Gasteiger partial charge in [-0.1, -0.05) is 6.07 Å². The average Bonchev–Trinajstić information content (AvgIpc) is 3.27. The quantitative estimate of drug-likeness (QED) is 0.854. The lowest BCUT2D eigenvalue weighted by Gasteiger charge is -2.15. The maximum atomic E-state index is 4.89. The average molecular weight is 302 g/mol. The summed E-state index contributed by atoms with van der Waals surface area (Å²) in [7, 11) is 4.13. The first kappa shape index (κ1) is 14.5. The van der Waals surface area contributed by atoms with Crippen molar-refractivity contribution in [2.24, 2.45) is 0 Å². The normalized spacial score (nSPS) is 14.4. The summed E-state index contributed by atoms with van der Waals surface area (Å²) in [5.41, 5.74) is 2.47. The van der Waals surface area contributed by atoms with Crippen LogP contribution in [0.15, 0.2) is 24.4 Å². The summed E-state index contributed by atoms with van der Waals surface area (Å²) in [5.74, 6) is 0.711. The van der Waals surface area contributed by atoms with Gasteiger partial charge in [-0.3, -0.25) is 4.98 Å². The molecule has 0 bridgehead atoms. The molecule has 0 aromatic carbocycles. The van der Waals surface area contributed by atoms with Gasteiger partial charge in [0.05, 0.1) is 5.69 Å². The summed E-state index contributed by atoms with van der Waals surface area (Å²) < 4.78 is 0. The van der Waals surface area contributed by atoms with Crippen molar-refractivity contribution in [3.05, 3.63) is 40.7 Å². The largest absolute Gasteiger partial charge is 0.351 e. The smallest absolute Gasteiger partial charge is 0.185 e. The molecule has 0 saturated heterocycles. The second kappa shape index (κ2) is 6.54. The van der Waals surface area contributed by atoms with E-state index in [0.717, 1.165) is 30.3 Å². The zero-order valence-electron chi connectivity index (χ0n) is 12.7. The highest BCUT2D eigenvalue weighted by atomic mass is 32.1. The van der Waals surface area contributed by atoms with Gasteiger partial charge in [-0.2, -0.15) is 0 Å². The van der Waals surface area contributed by atoms with Crippen molar-refractivity contribution >= 4 is 16.5 Å². The molecular weight excluding hydrogens is 280 g/mol. The molecule has 1 aliphatic rings. The summed E-state index contributed by atoms with van der Waals surface area (Å²) >= 11 is 1.83. The number of nitrogens with one attached hydrogen (secondary N) is 1. The minimum absolute atomic E-state index is 0.711. The number of aromatic nitrogens is 2. The summed E-state index contributed by atoms with van der Waals surface area (Å²) in [4.78, 5) is 12.9. The standard InChI is InChI=1S/C16H22N4S/c1-17-11-14-15(12-6-7-12)19-16(21-14)20(2)10-8-13-5-3-4-9-18-13/h3-5,9,12,17H,6-8,10-11H2,1-2H3. The van der Waals surface area contributed by atoms with Crippen LogP contribution in [0.1, 0.15) is 35.0 Å². The molecular formula is C16H22N4S. The Hall–Kier alpha value is -1.46. The van der Waals surface area contributed by atoms with E-state index < -0.39 is 0 Å². The molecule has 21 heavy (non-hydrogen) atoms. The third kappa shape index (κ3) is 3.60. The van der Waals surface area contributed by atoms with Crippen molar-refractivity contribution in [3.63, 3.8) is 0 Å². The topological polar surface area (TPSA) is 41.0 Å². The molecule has 4 nitrogen and oxygen atoms in total. The van der Waals surface area contributed by atoms with Crippen LogP contribution in [0.2, 0.25) is 0 Å². The Morgan fingerprint density at radius 2 is 2.24 bits per heavy atom. The molecule has 3 rings (SSSR count). The molecule has 2 aromatic heterocycles. The van der Waals surface area contributed by atoms with Gasteiger partial charge in [0.2, 0.25) is 0 Å². The number of hydrogen-bond acceptors (Lipinski definition) is 5. The van der Waals surface area contributed by atoms with E-state index in [2.05, 4.69) is 28.3 Å². The fraction of sp³-hybridized carbons (Fsp3) is 0.500. The second-order valence-corrected chi connectivity index (χ2v) is 6.66. The van der Waals surface area contributed by atoms with Crippen LogP contribution in [0.3, 0.4) is 0 Å². The Kier molecular flexibility index (Phi) is 4.51. The zero-order chi connectivity index (χ0) is 14.7. The maximum Gasteiger partial charge on any atom is 0.185 e. The number of thiazole rings is 1. The van der Waals surface area contributed by atoms with E-state index >= 15 is 0 Å². The molecule has 0 atom stereocenters. The highest BCUT2D eigenvalue weighted by Gasteiger charge is 2.29. The van der Waals surface area contributed by atoms with E-state index in [1.165, 1.54) is 23.4 Å². The van der Waals surface area contributed by atoms with Crippen molar-refractivity contribution in [1.82, 2.24) is 15.3 Å². The highest BCUT2D eigenvalue weighted by molar-refractivity contribution is 7.15. The van der Waals surface area contributed by atoms with Gasteiger partial charge in [0.15, 0.2) is 5.13 Å². The number of nitrogens with zero attached hydrogens (tertiary/aromatic N) is 3.